The average molecular weight is 207 g/mol. The highest BCUT2D eigenvalue weighted by molar-refractivity contribution is 5.04. The van der Waals surface area contributed by atoms with E-state index < -0.39 is 0 Å². The third-order valence-electron chi connectivity index (χ3n) is 4.18. The first-order valence-corrected chi connectivity index (χ1v) is 6.09. The molecule has 2 aliphatic rings. The zero-order valence-electron chi connectivity index (χ0n) is 9.87. The van der Waals surface area contributed by atoms with Crippen LogP contribution in [0.1, 0.15) is 39.5 Å². The second-order valence-electron chi connectivity index (χ2n) is 5.21. The minimum atomic E-state index is 0.236. The summed E-state index contributed by atoms with van der Waals surface area (Å²) in [6, 6.07) is 0.652. The van der Waals surface area contributed by atoms with Crippen LogP contribution in [0.4, 0.5) is 0 Å². The van der Waals surface area contributed by atoms with Crippen LogP contribution in [0.25, 0.3) is 0 Å². The maximum absolute atomic E-state index is 9.12. The summed E-state index contributed by atoms with van der Waals surface area (Å²) < 4.78 is 0. The van der Waals surface area contributed by atoms with Crippen LogP contribution in [0.2, 0.25) is 0 Å². The van der Waals surface area contributed by atoms with E-state index in [9.17, 15) is 0 Å². The zero-order valence-corrected chi connectivity index (χ0v) is 9.87. The van der Waals surface area contributed by atoms with Crippen molar-refractivity contribution in [3.8, 4) is 6.19 Å². The highest BCUT2D eigenvalue weighted by Gasteiger charge is 2.43. The second kappa shape index (κ2) is 4.02. The third-order valence-corrected chi connectivity index (χ3v) is 4.18. The maximum atomic E-state index is 9.12. The molecule has 3 nitrogen and oxygen atoms in total. The zero-order chi connectivity index (χ0) is 10.9. The van der Waals surface area contributed by atoms with Crippen LogP contribution in [0.3, 0.4) is 0 Å². The Bertz CT molecular complexity index is 259. The van der Waals surface area contributed by atoms with E-state index in [1.54, 1.807) is 0 Å². The number of rotatable bonds is 1. The Morgan fingerprint density at radius 1 is 1.13 bits per heavy atom. The number of hydrogen-bond donors (Lipinski definition) is 0. The standard InChI is InChI=1S/C12H21N3/c1-11(2)14-8-5-12(6-9-14)4-3-7-15(12)10-13/h11H,3-9H2,1-2H3. The largest absolute Gasteiger partial charge is 0.304 e. The van der Waals surface area contributed by atoms with Gasteiger partial charge in [0.2, 0.25) is 0 Å². The fourth-order valence-electron chi connectivity index (χ4n) is 3.07. The van der Waals surface area contributed by atoms with E-state index in [-0.39, 0.29) is 5.54 Å². The summed E-state index contributed by atoms with van der Waals surface area (Å²) in [4.78, 5) is 4.57. The number of nitrogens with zero attached hydrogens (tertiary/aromatic N) is 3. The average Bonchev–Trinajstić information content (AvgIpc) is 2.61. The molecule has 0 unspecified atom stereocenters. The molecule has 2 heterocycles. The van der Waals surface area contributed by atoms with E-state index in [4.69, 9.17) is 5.26 Å². The molecule has 0 aromatic heterocycles. The molecule has 84 valence electrons. The van der Waals surface area contributed by atoms with Crippen molar-refractivity contribution in [2.75, 3.05) is 19.6 Å². The Labute approximate surface area is 92.7 Å². The van der Waals surface area contributed by atoms with Gasteiger partial charge in [-0.3, -0.25) is 0 Å². The maximum Gasteiger partial charge on any atom is 0.179 e. The van der Waals surface area contributed by atoms with Crippen molar-refractivity contribution in [1.29, 1.82) is 5.26 Å². The third kappa shape index (κ3) is 1.83. The Morgan fingerprint density at radius 3 is 2.33 bits per heavy atom. The molecular formula is C12H21N3. The molecule has 0 bridgehead atoms. The van der Waals surface area contributed by atoms with Gasteiger partial charge >= 0.3 is 0 Å². The predicted molar refractivity (Wildman–Crippen MR) is 60.2 cm³/mol. The highest BCUT2D eigenvalue weighted by Crippen LogP contribution is 2.38. The summed E-state index contributed by atoms with van der Waals surface area (Å²) in [7, 11) is 0. The molecule has 3 heteroatoms. The lowest BCUT2D eigenvalue weighted by atomic mass is 9.85. The van der Waals surface area contributed by atoms with E-state index in [1.165, 1.54) is 25.7 Å². The molecule has 0 aliphatic carbocycles. The van der Waals surface area contributed by atoms with Gasteiger partial charge in [-0.05, 0) is 39.5 Å². The van der Waals surface area contributed by atoms with Gasteiger partial charge < -0.3 is 9.80 Å². The molecule has 1 spiro atoms. The van der Waals surface area contributed by atoms with Crippen molar-refractivity contribution in [1.82, 2.24) is 9.80 Å². The van der Waals surface area contributed by atoms with Gasteiger partial charge in [0.15, 0.2) is 6.19 Å². The predicted octanol–water partition coefficient (Wildman–Crippen LogP) is 1.81. The normalized spacial score (nSPS) is 26.1. The van der Waals surface area contributed by atoms with Gasteiger partial charge in [0, 0.05) is 25.7 Å². The van der Waals surface area contributed by atoms with Crippen LogP contribution in [-0.4, -0.2) is 41.0 Å². The molecule has 0 aromatic carbocycles. The molecule has 0 aromatic rings. The van der Waals surface area contributed by atoms with E-state index in [0.717, 1.165) is 19.6 Å². The fourth-order valence-corrected chi connectivity index (χ4v) is 3.07. The first-order valence-electron chi connectivity index (χ1n) is 6.09. The SMILES string of the molecule is CC(C)N1CCC2(CCCN2C#N)CC1. The van der Waals surface area contributed by atoms with E-state index in [2.05, 4.69) is 24.9 Å². The van der Waals surface area contributed by atoms with Gasteiger partial charge in [-0.2, -0.15) is 5.26 Å². The molecule has 0 amide bonds. The summed E-state index contributed by atoms with van der Waals surface area (Å²) in [6.07, 6.45) is 7.17. The molecule has 2 rings (SSSR count). The topological polar surface area (TPSA) is 30.3 Å². The Kier molecular flexibility index (Phi) is 2.88. The molecule has 0 radical (unpaired) electrons. The molecule has 2 saturated heterocycles. The van der Waals surface area contributed by atoms with E-state index in [1.807, 2.05) is 4.90 Å². The highest BCUT2D eigenvalue weighted by atomic mass is 15.3. The Balaban J connectivity index is 2.00. The lowest BCUT2D eigenvalue weighted by Crippen LogP contribution is -2.51. The van der Waals surface area contributed by atoms with Crippen LogP contribution in [0.15, 0.2) is 0 Å². The van der Waals surface area contributed by atoms with Gasteiger partial charge in [-0.15, -0.1) is 0 Å². The molecular weight excluding hydrogens is 186 g/mol. The van der Waals surface area contributed by atoms with Crippen LogP contribution < -0.4 is 0 Å². The van der Waals surface area contributed by atoms with Crippen molar-refractivity contribution in [2.45, 2.75) is 51.1 Å². The molecule has 0 saturated carbocycles. The summed E-state index contributed by atoms with van der Waals surface area (Å²) in [6.45, 7) is 7.83. The van der Waals surface area contributed by atoms with Gasteiger partial charge in [0.25, 0.3) is 0 Å². The number of likely N-dealkylation sites (tertiary alicyclic amines) is 2. The van der Waals surface area contributed by atoms with Gasteiger partial charge in [-0.25, -0.2) is 0 Å². The summed E-state index contributed by atoms with van der Waals surface area (Å²) in [5, 5.41) is 9.12. The van der Waals surface area contributed by atoms with Crippen LogP contribution in [0, 0.1) is 11.5 Å². The molecule has 0 N–H and O–H groups in total. The van der Waals surface area contributed by atoms with Gasteiger partial charge in [0.05, 0.1) is 5.54 Å². The lowest BCUT2D eigenvalue weighted by molar-refractivity contribution is 0.0719. The van der Waals surface area contributed by atoms with Gasteiger partial charge in [-0.1, -0.05) is 0 Å². The first-order chi connectivity index (χ1) is 7.18. The Hall–Kier alpha value is -0.750. The van der Waals surface area contributed by atoms with Crippen molar-refractivity contribution in [3.63, 3.8) is 0 Å². The van der Waals surface area contributed by atoms with Crippen molar-refractivity contribution in [3.05, 3.63) is 0 Å². The lowest BCUT2D eigenvalue weighted by Gasteiger charge is -2.44. The second-order valence-corrected chi connectivity index (χ2v) is 5.21. The minimum absolute atomic E-state index is 0.236. The molecule has 0 atom stereocenters. The van der Waals surface area contributed by atoms with Crippen molar-refractivity contribution < 1.29 is 0 Å². The quantitative estimate of drug-likeness (QED) is 0.614. The Morgan fingerprint density at radius 2 is 1.80 bits per heavy atom. The minimum Gasteiger partial charge on any atom is -0.304 e. The smallest absolute Gasteiger partial charge is 0.179 e. The first kappa shape index (κ1) is 10.8. The van der Waals surface area contributed by atoms with Crippen molar-refractivity contribution in [2.24, 2.45) is 0 Å². The van der Waals surface area contributed by atoms with Crippen LogP contribution in [-0.2, 0) is 0 Å². The van der Waals surface area contributed by atoms with E-state index in [0.29, 0.717) is 6.04 Å². The number of piperidine rings is 1. The molecule has 15 heavy (non-hydrogen) atoms. The molecule has 2 aliphatic heterocycles. The monoisotopic (exact) mass is 207 g/mol. The van der Waals surface area contributed by atoms with Crippen LogP contribution in [0.5, 0.6) is 0 Å². The number of nitriles is 1. The summed E-state index contributed by atoms with van der Waals surface area (Å²) >= 11 is 0. The summed E-state index contributed by atoms with van der Waals surface area (Å²) in [5.41, 5.74) is 0.236. The van der Waals surface area contributed by atoms with E-state index >= 15 is 0 Å². The molecule has 2 fully saturated rings. The number of hydrogen-bond acceptors (Lipinski definition) is 3. The fraction of sp³-hybridized carbons (Fsp3) is 0.917. The van der Waals surface area contributed by atoms with Gasteiger partial charge in [0.1, 0.15) is 0 Å². The van der Waals surface area contributed by atoms with Crippen molar-refractivity contribution >= 4 is 0 Å². The van der Waals surface area contributed by atoms with Crippen LogP contribution >= 0.6 is 0 Å². The summed E-state index contributed by atoms with van der Waals surface area (Å²) in [5.74, 6) is 0.